The predicted molar refractivity (Wildman–Crippen MR) is 185 cm³/mol. The summed E-state index contributed by atoms with van der Waals surface area (Å²) in [6.07, 6.45) is 8.13. The Bertz CT molecular complexity index is 1970. The lowest BCUT2D eigenvalue weighted by atomic mass is 10.1. The van der Waals surface area contributed by atoms with E-state index in [4.69, 9.17) is 20.8 Å². The highest BCUT2D eigenvalue weighted by atomic mass is 35.5. The number of hydrogen-bond acceptors (Lipinski definition) is 10. The third-order valence-electron chi connectivity index (χ3n) is 8.09. The maximum absolute atomic E-state index is 12.8. The fraction of sp³-hybridized carbons (Fsp3) is 0.364. The number of rotatable bonds is 15. The van der Waals surface area contributed by atoms with Gasteiger partial charge in [-0.15, -0.1) is 16.9 Å². The summed E-state index contributed by atoms with van der Waals surface area (Å²) in [5.41, 5.74) is 2.71. The van der Waals surface area contributed by atoms with E-state index in [-0.39, 0.29) is 23.9 Å². The number of halogens is 1. The highest BCUT2D eigenvalue weighted by Crippen LogP contribution is 2.32. The van der Waals surface area contributed by atoms with Crippen molar-refractivity contribution in [2.75, 3.05) is 30.9 Å². The number of carbonyl (C=O) groups is 3. The lowest BCUT2D eigenvalue weighted by Gasteiger charge is -2.24. The average Bonchev–Trinajstić information content (AvgIpc) is 3.84. The van der Waals surface area contributed by atoms with Crippen molar-refractivity contribution in [3.63, 3.8) is 0 Å². The third kappa shape index (κ3) is 8.05. The summed E-state index contributed by atoms with van der Waals surface area (Å²) in [5.74, 6) is 1.82. The maximum atomic E-state index is 12.8. The molecule has 49 heavy (non-hydrogen) atoms. The molecule has 2 N–H and O–H groups in total. The Labute approximate surface area is 291 Å². The van der Waals surface area contributed by atoms with Crippen LogP contribution >= 0.6 is 23.4 Å². The van der Waals surface area contributed by atoms with E-state index in [2.05, 4.69) is 43.2 Å². The highest BCUT2D eigenvalue weighted by Gasteiger charge is 2.28. The van der Waals surface area contributed by atoms with Gasteiger partial charge in [0.1, 0.15) is 5.75 Å². The zero-order valence-electron chi connectivity index (χ0n) is 27.1. The Morgan fingerprint density at radius 1 is 1.14 bits per heavy atom. The number of anilines is 1. The number of carbonyl (C=O) groups excluding carboxylic acids is 3. The van der Waals surface area contributed by atoms with E-state index in [1.807, 2.05) is 19.3 Å². The number of hydrogen-bond donors (Lipinski definition) is 2. The monoisotopic (exact) mass is 705 g/mol. The van der Waals surface area contributed by atoms with Crippen molar-refractivity contribution >= 4 is 57.9 Å². The number of benzene rings is 2. The van der Waals surface area contributed by atoms with E-state index >= 15 is 0 Å². The number of urea groups is 1. The van der Waals surface area contributed by atoms with Crippen LogP contribution in [-0.4, -0.2) is 73.6 Å². The number of thioether (sulfide) groups is 1. The molecule has 0 saturated carbocycles. The molecule has 1 aliphatic rings. The first kappa shape index (κ1) is 34.0. The number of oxazole rings is 1. The minimum Gasteiger partial charge on any atom is -0.495 e. The van der Waals surface area contributed by atoms with Crippen molar-refractivity contribution in [1.82, 2.24) is 40.4 Å². The molecule has 0 unspecified atom stereocenters. The molecule has 0 radical (unpaired) electrons. The second-order valence-electron chi connectivity index (χ2n) is 11.5. The minimum absolute atomic E-state index is 0.191. The number of ether oxygens (including phenoxy) is 1. The van der Waals surface area contributed by atoms with Gasteiger partial charge in [0, 0.05) is 55.1 Å². The number of fused-ring (bicyclic) bond motifs is 1. The molecular formula is C33H36ClN9O5S. The van der Waals surface area contributed by atoms with Crippen molar-refractivity contribution in [3.8, 4) is 17.1 Å². The molecule has 14 nitrogen and oxygen atoms in total. The number of aromatic nitrogens is 6. The number of amides is 4. The maximum Gasteiger partial charge on any atom is 0.329 e. The van der Waals surface area contributed by atoms with E-state index in [0.29, 0.717) is 54.0 Å². The minimum atomic E-state index is -0.435. The van der Waals surface area contributed by atoms with Crippen LogP contribution in [0.3, 0.4) is 0 Å². The summed E-state index contributed by atoms with van der Waals surface area (Å²) in [7, 11) is 3.40. The second kappa shape index (κ2) is 15.6. The van der Waals surface area contributed by atoms with Crippen LogP contribution in [0.5, 0.6) is 5.75 Å². The topological polar surface area (TPSA) is 162 Å². The van der Waals surface area contributed by atoms with Gasteiger partial charge in [0.15, 0.2) is 23.7 Å². The fourth-order valence-electron chi connectivity index (χ4n) is 5.56. The Hall–Kier alpha value is -4.89. The summed E-state index contributed by atoms with van der Waals surface area (Å²) in [6, 6.07) is 10.9. The van der Waals surface area contributed by atoms with Gasteiger partial charge in [-0.3, -0.25) is 29.2 Å². The van der Waals surface area contributed by atoms with Gasteiger partial charge in [0.2, 0.25) is 5.91 Å². The normalized spacial score (nSPS) is 13.2. The van der Waals surface area contributed by atoms with E-state index in [9.17, 15) is 14.4 Å². The average molecular weight is 706 g/mol. The largest absolute Gasteiger partial charge is 0.495 e. The lowest BCUT2D eigenvalue weighted by Crippen LogP contribution is -2.49. The van der Waals surface area contributed by atoms with E-state index in [1.165, 1.54) is 18.4 Å². The van der Waals surface area contributed by atoms with Crippen LogP contribution in [0.15, 0.2) is 58.3 Å². The van der Waals surface area contributed by atoms with Crippen LogP contribution in [0, 0.1) is 0 Å². The Kier molecular flexibility index (Phi) is 10.8. The first-order valence-electron chi connectivity index (χ1n) is 16.0. The number of unbranched alkanes of at least 4 members (excludes halogenated alkanes) is 2. The van der Waals surface area contributed by atoms with Crippen molar-refractivity contribution in [2.45, 2.75) is 50.0 Å². The molecule has 2 aromatic carbocycles. The number of imide groups is 1. The summed E-state index contributed by atoms with van der Waals surface area (Å²) in [6.45, 7) is 1.38. The Morgan fingerprint density at radius 2 is 2.02 bits per heavy atom. The van der Waals surface area contributed by atoms with Crippen molar-refractivity contribution < 1.29 is 23.5 Å². The molecule has 256 valence electrons. The number of aryl methyl sites for hydroxylation is 3. The van der Waals surface area contributed by atoms with Gasteiger partial charge in [0.05, 0.1) is 23.3 Å². The van der Waals surface area contributed by atoms with Crippen LogP contribution in [-0.2, 0) is 24.8 Å². The molecule has 16 heteroatoms. The smallest absolute Gasteiger partial charge is 0.329 e. The number of nitrogens with zero attached hydrogens (tertiary/aromatic N) is 7. The molecule has 0 spiro atoms. The Morgan fingerprint density at radius 3 is 2.84 bits per heavy atom. The van der Waals surface area contributed by atoms with Crippen LogP contribution in [0.25, 0.3) is 22.2 Å². The molecule has 4 heterocycles. The van der Waals surface area contributed by atoms with Gasteiger partial charge in [-0.1, -0.05) is 23.2 Å². The molecule has 5 aromatic rings. The fourth-order valence-corrected chi connectivity index (χ4v) is 6.76. The second-order valence-corrected chi connectivity index (χ2v) is 13.1. The van der Waals surface area contributed by atoms with Gasteiger partial charge in [-0.05, 0) is 67.8 Å². The van der Waals surface area contributed by atoms with Crippen LogP contribution < -0.4 is 20.3 Å². The van der Waals surface area contributed by atoms with Crippen LogP contribution in [0.4, 0.5) is 10.6 Å². The molecule has 4 amide bonds. The van der Waals surface area contributed by atoms with Crippen LogP contribution in [0.2, 0.25) is 5.02 Å². The number of methoxy groups -OCH3 is 1. The molecule has 6 rings (SSSR count). The molecule has 1 saturated heterocycles. The zero-order chi connectivity index (χ0) is 34.3. The first-order chi connectivity index (χ1) is 23.8. The van der Waals surface area contributed by atoms with Crippen molar-refractivity contribution in [2.24, 2.45) is 7.05 Å². The zero-order valence-corrected chi connectivity index (χ0v) is 28.7. The predicted octanol–water partition coefficient (Wildman–Crippen LogP) is 5.25. The molecular weight excluding hydrogens is 670 g/mol. The van der Waals surface area contributed by atoms with Crippen LogP contribution in [0.1, 0.15) is 48.3 Å². The molecule has 3 aromatic heterocycles. The molecule has 0 atom stereocenters. The summed E-state index contributed by atoms with van der Waals surface area (Å²) in [5, 5.41) is 19.6. The van der Waals surface area contributed by atoms with Gasteiger partial charge >= 0.3 is 6.03 Å². The van der Waals surface area contributed by atoms with E-state index in [0.717, 1.165) is 52.9 Å². The van der Waals surface area contributed by atoms with Gasteiger partial charge in [-0.2, -0.15) is 5.10 Å². The number of nitrogens with one attached hydrogen (secondary N) is 2. The van der Waals surface area contributed by atoms with Gasteiger partial charge < -0.3 is 14.5 Å². The van der Waals surface area contributed by atoms with E-state index in [1.54, 1.807) is 39.3 Å². The van der Waals surface area contributed by atoms with Crippen molar-refractivity contribution in [1.29, 1.82) is 0 Å². The first-order valence-corrected chi connectivity index (χ1v) is 17.3. The molecule has 0 aliphatic carbocycles. The quantitative estimate of drug-likeness (QED) is 0.109. The van der Waals surface area contributed by atoms with E-state index < -0.39 is 6.03 Å². The highest BCUT2D eigenvalue weighted by molar-refractivity contribution is 7.99. The van der Waals surface area contributed by atoms with Crippen molar-refractivity contribution in [3.05, 3.63) is 65.4 Å². The molecule has 1 aliphatic heterocycles. The molecule has 1 fully saturated rings. The van der Waals surface area contributed by atoms with Gasteiger partial charge in [0.25, 0.3) is 5.91 Å². The Balaban J connectivity index is 0.886. The molecule has 0 bridgehead atoms. The van der Waals surface area contributed by atoms with Gasteiger partial charge in [-0.25, -0.2) is 9.78 Å². The summed E-state index contributed by atoms with van der Waals surface area (Å²) >= 11 is 8.03. The summed E-state index contributed by atoms with van der Waals surface area (Å²) in [4.78, 5) is 43.4. The SMILES string of the molecule is COc1ccc(-c2ocnc2C(=O)NCCCn2cc(CCCCCSc3ccc4c(N5CCC(=O)NC5=O)nn(C)c4c3)nn2)cc1Cl. The standard InChI is InChI=1S/C33H36ClN9O5S/c1-41-26-18-23(9-10-24(26)31(39-41)43-15-12-28(44)37-33(43)46)49-16-5-3-4-7-22-19-42(40-38-22)14-6-13-35-32(45)29-30(48-20-36-29)21-8-11-27(47-2)25(34)17-21/h8-11,17-20H,3-7,12-16H2,1-2H3,(H,35,45)(H,37,44,46). The lowest BCUT2D eigenvalue weighted by molar-refractivity contribution is -0.120. The third-order valence-corrected chi connectivity index (χ3v) is 9.47. The summed E-state index contributed by atoms with van der Waals surface area (Å²) < 4.78 is 14.2.